The molecule has 0 aliphatic heterocycles. The predicted molar refractivity (Wildman–Crippen MR) is 137 cm³/mol. The molecule has 0 fully saturated rings. The van der Waals surface area contributed by atoms with Crippen LogP contribution in [0.1, 0.15) is 38.5 Å². The van der Waals surface area contributed by atoms with Gasteiger partial charge in [-0.1, -0.05) is 86.3 Å². The van der Waals surface area contributed by atoms with Crippen LogP contribution in [0.2, 0.25) is 0 Å². The van der Waals surface area contributed by atoms with Gasteiger partial charge >= 0.3 is 0 Å². The molecular weight excluding hydrogens is 390 g/mol. The van der Waals surface area contributed by atoms with Gasteiger partial charge in [0.1, 0.15) is 0 Å². The minimum atomic E-state index is 1.01. The van der Waals surface area contributed by atoms with Gasteiger partial charge in [0.15, 0.2) is 0 Å². The molecule has 2 aromatic heterocycles. The van der Waals surface area contributed by atoms with Crippen LogP contribution in [0.3, 0.4) is 0 Å². The Hall–Kier alpha value is -3.33. The summed E-state index contributed by atoms with van der Waals surface area (Å²) in [6.45, 7) is 2.13. The van der Waals surface area contributed by atoms with Gasteiger partial charge in [0, 0.05) is 36.3 Å². The number of benzene rings is 3. The second-order valence-corrected chi connectivity index (χ2v) is 8.69. The molecule has 5 aromatic rings. The van der Waals surface area contributed by atoms with Crippen LogP contribution in [0.25, 0.3) is 32.6 Å². The number of hydrogen-bond acceptors (Lipinski definition) is 2. The Morgan fingerprint density at radius 3 is 1.78 bits per heavy atom. The van der Waals surface area contributed by atoms with E-state index in [4.69, 9.17) is 4.98 Å². The van der Waals surface area contributed by atoms with Crippen LogP contribution in [0.5, 0.6) is 0 Å². The van der Waals surface area contributed by atoms with Crippen LogP contribution in [-0.4, -0.2) is 16.1 Å². The number of hydrogen-bond donors (Lipinski definition) is 1. The lowest BCUT2D eigenvalue weighted by molar-refractivity contribution is 0.557. The molecule has 3 nitrogen and oxygen atoms in total. The summed E-state index contributed by atoms with van der Waals surface area (Å²) >= 11 is 0. The molecule has 0 spiro atoms. The van der Waals surface area contributed by atoms with Crippen molar-refractivity contribution in [2.75, 3.05) is 11.9 Å². The number of nitrogens with zero attached hydrogens (tertiary/aromatic N) is 2. The fourth-order valence-corrected chi connectivity index (χ4v) is 4.64. The largest absolute Gasteiger partial charge is 0.384 e. The average molecular weight is 422 g/mol. The van der Waals surface area contributed by atoms with Crippen LogP contribution >= 0.6 is 0 Å². The summed E-state index contributed by atoms with van der Waals surface area (Å²) in [4.78, 5) is 4.82. The molecule has 3 heteroatoms. The van der Waals surface area contributed by atoms with Gasteiger partial charge in [0.25, 0.3) is 0 Å². The Balaban J connectivity index is 1.06. The summed E-state index contributed by atoms with van der Waals surface area (Å²) in [6, 6.07) is 25.5. The zero-order valence-electron chi connectivity index (χ0n) is 18.6. The SMILES string of the molecule is c1ccc2cn(CCCCCCCCNc3c4ccccc4nc4ccccc34)cc2c1. The standard InChI is InChI=1S/C29H31N3/c1(2-4-12-20-32-21-23-13-5-6-14-24(23)22-32)3-11-19-30-29-25-15-7-9-17-27(25)31-28-18-10-8-16-26(28)29/h5-10,13-18,21-22H,1-4,11-12,19-20H2,(H,30,31). The number of nitrogens with one attached hydrogen (secondary N) is 1. The van der Waals surface area contributed by atoms with Crippen molar-refractivity contribution in [1.29, 1.82) is 0 Å². The molecular formula is C29H31N3. The second kappa shape index (κ2) is 9.86. The van der Waals surface area contributed by atoms with Crippen molar-refractivity contribution >= 4 is 38.3 Å². The van der Waals surface area contributed by atoms with Crippen molar-refractivity contribution in [2.24, 2.45) is 0 Å². The molecule has 0 aliphatic rings. The highest BCUT2D eigenvalue weighted by atomic mass is 14.9. The van der Waals surface area contributed by atoms with Crippen molar-refractivity contribution in [2.45, 2.75) is 45.1 Å². The van der Waals surface area contributed by atoms with E-state index >= 15 is 0 Å². The highest BCUT2D eigenvalue weighted by Crippen LogP contribution is 2.30. The van der Waals surface area contributed by atoms with Crippen molar-refractivity contribution in [3.05, 3.63) is 85.2 Å². The summed E-state index contributed by atoms with van der Waals surface area (Å²) in [7, 11) is 0. The number of fused-ring (bicyclic) bond motifs is 3. The molecule has 0 atom stereocenters. The summed E-state index contributed by atoms with van der Waals surface area (Å²) in [6.07, 6.45) is 12.2. The van der Waals surface area contributed by atoms with Crippen molar-refractivity contribution < 1.29 is 0 Å². The number of aryl methyl sites for hydroxylation is 1. The molecule has 5 rings (SSSR count). The monoisotopic (exact) mass is 421 g/mol. The van der Waals surface area contributed by atoms with E-state index in [1.165, 1.54) is 65.8 Å². The molecule has 0 bridgehead atoms. The van der Waals surface area contributed by atoms with Crippen LogP contribution in [0.4, 0.5) is 5.69 Å². The van der Waals surface area contributed by atoms with E-state index in [2.05, 4.69) is 95.1 Å². The van der Waals surface area contributed by atoms with Gasteiger partial charge in [0.05, 0.1) is 16.7 Å². The van der Waals surface area contributed by atoms with E-state index < -0.39 is 0 Å². The predicted octanol–water partition coefficient (Wildman–Crippen LogP) is 7.80. The lowest BCUT2D eigenvalue weighted by Crippen LogP contribution is -2.03. The number of para-hydroxylation sites is 2. The summed E-state index contributed by atoms with van der Waals surface area (Å²) in [5.74, 6) is 0. The van der Waals surface area contributed by atoms with Crippen LogP contribution in [-0.2, 0) is 6.54 Å². The zero-order chi connectivity index (χ0) is 21.6. The van der Waals surface area contributed by atoms with E-state index in [-0.39, 0.29) is 0 Å². The maximum absolute atomic E-state index is 4.82. The molecule has 0 unspecified atom stereocenters. The van der Waals surface area contributed by atoms with Crippen LogP contribution < -0.4 is 5.32 Å². The number of unbranched alkanes of at least 4 members (excludes halogenated alkanes) is 5. The number of anilines is 1. The maximum atomic E-state index is 4.82. The van der Waals surface area contributed by atoms with E-state index in [0.29, 0.717) is 0 Å². The first kappa shape index (κ1) is 20.6. The third kappa shape index (κ3) is 4.62. The molecule has 0 amide bonds. The maximum Gasteiger partial charge on any atom is 0.0730 e. The molecule has 2 heterocycles. The normalized spacial score (nSPS) is 11.5. The Bertz CT molecular complexity index is 1230. The molecule has 162 valence electrons. The number of aromatic nitrogens is 2. The number of rotatable bonds is 10. The van der Waals surface area contributed by atoms with Crippen molar-refractivity contribution in [3.63, 3.8) is 0 Å². The van der Waals surface area contributed by atoms with Gasteiger partial charge in [-0.3, -0.25) is 0 Å². The molecule has 0 radical (unpaired) electrons. The molecule has 0 saturated carbocycles. The van der Waals surface area contributed by atoms with E-state index in [1.54, 1.807) is 0 Å². The van der Waals surface area contributed by atoms with Gasteiger partial charge in [-0.25, -0.2) is 4.98 Å². The van der Waals surface area contributed by atoms with Gasteiger partial charge in [-0.15, -0.1) is 0 Å². The smallest absolute Gasteiger partial charge is 0.0730 e. The quantitative estimate of drug-likeness (QED) is 0.184. The fourth-order valence-electron chi connectivity index (χ4n) is 4.64. The van der Waals surface area contributed by atoms with E-state index in [9.17, 15) is 0 Å². The van der Waals surface area contributed by atoms with Crippen molar-refractivity contribution in [1.82, 2.24) is 9.55 Å². The van der Waals surface area contributed by atoms with Gasteiger partial charge in [-0.2, -0.15) is 0 Å². The minimum Gasteiger partial charge on any atom is -0.384 e. The Labute approximate surface area is 190 Å². The highest BCUT2D eigenvalue weighted by Gasteiger charge is 2.07. The summed E-state index contributed by atoms with van der Waals surface area (Å²) in [5.41, 5.74) is 3.35. The van der Waals surface area contributed by atoms with Gasteiger partial charge < -0.3 is 9.88 Å². The summed E-state index contributed by atoms with van der Waals surface area (Å²) in [5, 5.41) is 8.83. The molecule has 3 aromatic carbocycles. The molecule has 32 heavy (non-hydrogen) atoms. The highest BCUT2D eigenvalue weighted by molar-refractivity contribution is 6.07. The first-order chi connectivity index (χ1) is 15.9. The topological polar surface area (TPSA) is 29.9 Å². The van der Waals surface area contributed by atoms with E-state index in [1.807, 2.05) is 0 Å². The summed E-state index contributed by atoms with van der Waals surface area (Å²) < 4.78 is 2.35. The van der Waals surface area contributed by atoms with Gasteiger partial charge in [0.2, 0.25) is 0 Å². The molecule has 1 N–H and O–H groups in total. The van der Waals surface area contributed by atoms with E-state index in [0.717, 1.165) is 24.1 Å². The molecule has 0 saturated heterocycles. The zero-order valence-corrected chi connectivity index (χ0v) is 18.6. The first-order valence-corrected chi connectivity index (χ1v) is 11.9. The van der Waals surface area contributed by atoms with Gasteiger partial charge in [-0.05, 0) is 35.7 Å². The molecule has 0 aliphatic carbocycles. The number of pyridine rings is 1. The fraction of sp³-hybridized carbons (Fsp3) is 0.276. The Morgan fingerprint density at radius 1 is 0.594 bits per heavy atom. The first-order valence-electron chi connectivity index (χ1n) is 11.9. The second-order valence-electron chi connectivity index (χ2n) is 8.69. The van der Waals surface area contributed by atoms with Crippen LogP contribution in [0, 0.1) is 0 Å². The van der Waals surface area contributed by atoms with Crippen LogP contribution in [0.15, 0.2) is 85.2 Å². The lowest BCUT2D eigenvalue weighted by atomic mass is 10.1. The third-order valence-electron chi connectivity index (χ3n) is 6.34. The Kier molecular flexibility index (Phi) is 6.34. The lowest BCUT2D eigenvalue weighted by Gasteiger charge is -2.13. The minimum absolute atomic E-state index is 1.01. The Morgan fingerprint density at radius 2 is 1.12 bits per heavy atom. The van der Waals surface area contributed by atoms with Crippen molar-refractivity contribution in [3.8, 4) is 0 Å². The third-order valence-corrected chi connectivity index (χ3v) is 6.34. The average Bonchev–Trinajstić information content (AvgIpc) is 3.25.